The predicted octanol–water partition coefficient (Wildman–Crippen LogP) is 12.5. The number of aliphatic hydroxyl groups is 1. The Morgan fingerprint density at radius 2 is 0.960 bits per heavy atom. The molecule has 75 heavy (non-hydrogen) atoms. The molecule has 6 N–H and O–H groups in total. The molecular formula is C60H56N8O7. The Kier molecular flexibility index (Phi) is 15.5. The molecule has 1 aliphatic heterocycles. The van der Waals surface area contributed by atoms with Crippen molar-refractivity contribution in [3.63, 3.8) is 0 Å². The topological polar surface area (TPSA) is 225 Å². The van der Waals surface area contributed by atoms with Crippen LogP contribution in [-0.2, 0) is 20.9 Å². The first-order valence-corrected chi connectivity index (χ1v) is 24.7. The van der Waals surface area contributed by atoms with Crippen molar-refractivity contribution in [3.8, 4) is 0 Å². The number of aliphatic carboxylic acids is 1. The van der Waals surface area contributed by atoms with E-state index in [2.05, 4.69) is 45.9 Å². The molecule has 13 rings (SSSR count). The summed E-state index contributed by atoms with van der Waals surface area (Å²) in [5.74, 6) is -1.35. The third-order valence-corrected chi connectivity index (χ3v) is 12.8. The van der Waals surface area contributed by atoms with Crippen LogP contribution in [0.2, 0.25) is 0 Å². The fraction of sp³-hybridized carbons (Fsp3) is 0.183. The van der Waals surface area contributed by atoms with Gasteiger partial charge in [-0.1, -0.05) is 72.8 Å². The summed E-state index contributed by atoms with van der Waals surface area (Å²) in [5, 5.41) is 26.6. The number of fused-ring (bicyclic) bond motifs is 12. The first-order valence-electron chi connectivity index (χ1n) is 24.7. The van der Waals surface area contributed by atoms with Gasteiger partial charge in [-0.25, -0.2) is 19.6 Å². The minimum Gasteiger partial charge on any atom is -0.478 e. The Balaban J connectivity index is 0.000000119. The van der Waals surface area contributed by atoms with E-state index in [1.807, 2.05) is 137 Å². The molecular weight excluding hydrogens is 945 g/mol. The standard InChI is InChI=1S/C15H12N2O2.C15H14N2O2.C13H12N2O.C13H10N2O.C4H8O/c1-9-15-12(8-10(16-9)6-7-14(18)19)11-4-2-3-5-13(11)17-15;1-3-19-15(18)13-8-11-10-6-4-5-7-12(10)17-14(11)9(2)16-13;2*1-8-13-11(6-9(7-16)14-8)10-4-2-3-5-12(10)15-13;1-2-4-5-3-1/h2-8,17H,1H3,(H,18,19);4-8,17H,3H2,1-2H3;2-6,15-16H,7H2,1H3;2-7,15H,1H3;1-4H2/b7-6+;;;;. The van der Waals surface area contributed by atoms with Crippen LogP contribution >= 0.6 is 0 Å². The second kappa shape index (κ2) is 22.8. The number of para-hydroxylation sites is 4. The maximum absolute atomic E-state index is 11.8. The highest BCUT2D eigenvalue weighted by molar-refractivity contribution is 6.11. The molecule has 0 radical (unpaired) electrons. The van der Waals surface area contributed by atoms with Gasteiger partial charge >= 0.3 is 11.9 Å². The van der Waals surface area contributed by atoms with E-state index < -0.39 is 5.97 Å². The molecule has 0 unspecified atom stereocenters. The summed E-state index contributed by atoms with van der Waals surface area (Å²) >= 11 is 0. The van der Waals surface area contributed by atoms with Crippen LogP contribution < -0.4 is 0 Å². The highest BCUT2D eigenvalue weighted by atomic mass is 16.5. The van der Waals surface area contributed by atoms with Gasteiger partial charge in [0.1, 0.15) is 11.4 Å². The van der Waals surface area contributed by atoms with Gasteiger partial charge < -0.3 is 39.6 Å². The van der Waals surface area contributed by atoms with Crippen molar-refractivity contribution in [1.82, 2.24) is 39.9 Å². The number of aryl methyl sites for hydroxylation is 4. The molecule has 0 aliphatic carbocycles. The number of carboxylic acid groups (broad SMARTS) is 1. The van der Waals surface area contributed by atoms with Gasteiger partial charge in [0.25, 0.3) is 0 Å². The third kappa shape index (κ3) is 11.1. The molecule has 15 heteroatoms. The number of nitrogens with one attached hydrogen (secondary N) is 4. The maximum atomic E-state index is 11.8. The van der Waals surface area contributed by atoms with Gasteiger partial charge in [-0.15, -0.1) is 0 Å². The zero-order chi connectivity index (χ0) is 52.6. The molecule has 15 nitrogen and oxygen atoms in total. The van der Waals surface area contributed by atoms with Crippen molar-refractivity contribution in [2.45, 2.75) is 54.1 Å². The van der Waals surface area contributed by atoms with Crippen molar-refractivity contribution in [2.75, 3.05) is 19.8 Å². The molecule has 12 aromatic rings. The van der Waals surface area contributed by atoms with Crippen LogP contribution in [0.3, 0.4) is 0 Å². The van der Waals surface area contributed by atoms with E-state index in [-0.39, 0.29) is 12.6 Å². The molecule has 0 atom stereocenters. The molecule has 0 bridgehead atoms. The monoisotopic (exact) mass is 1000 g/mol. The number of carbonyl (C=O) groups excluding carboxylic acids is 2. The smallest absolute Gasteiger partial charge is 0.356 e. The van der Waals surface area contributed by atoms with E-state index in [0.29, 0.717) is 23.7 Å². The van der Waals surface area contributed by atoms with Crippen LogP contribution in [-0.4, -0.2) is 88.1 Å². The number of carboxylic acids is 1. The fourth-order valence-corrected chi connectivity index (χ4v) is 9.33. The van der Waals surface area contributed by atoms with Crippen molar-refractivity contribution in [3.05, 3.63) is 173 Å². The lowest BCUT2D eigenvalue weighted by Gasteiger charge is -2.03. The number of aromatic nitrogens is 8. The van der Waals surface area contributed by atoms with Crippen LogP contribution in [0.15, 0.2) is 127 Å². The summed E-state index contributed by atoms with van der Waals surface area (Å²) in [6, 6.07) is 39.7. The van der Waals surface area contributed by atoms with Crippen LogP contribution in [0.25, 0.3) is 93.3 Å². The largest absolute Gasteiger partial charge is 0.478 e. The van der Waals surface area contributed by atoms with Crippen molar-refractivity contribution >= 4 is 112 Å². The molecule has 378 valence electrons. The van der Waals surface area contributed by atoms with E-state index in [1.165, 1.54) is 24.3 Å². The van der Waals surface area contributed by atoms with Crippen LogP contribution in [0, 0.1) is 27.7 Å². The van der Waals surface area contributed by atoms with Gasteiger partial charge in [-0.05, 0) is 102 Å². The fourth-order valence-electron chi connectivity index (χ4n) is 9.33. The molecule has 1 fully saturated rings. The minimum absolute atomic E-state index is 0.0176. The Morgan fingerprint density at radius 3 is 1.37 bits per heavy atom. The van der Waals surface area contributed by atoms with Gasteiger partial charge in [0.2, 0.25) is 0 Å². The summed E-state index contributed by atoms with van der Waals surface area (Å²) in [6.45, 7) is 11.8. The summed E-state index contributed by atoms with van der Waals surface area (Å²) in [5.41, 5.74) is 14.0. The number of H-pyrrole nitrogens is 4. The number of benzene rings is 4. The lowest BCUT2D eigenvalue weighted by molar-refractivity contribution is -0.131. The third-order valence-electron chi connectivity index (χ3n) is 12.8. The normalized spacial score (nSPS) is 12.1. The van der Waals surface area contributed by atoms with E-state index >= 15 is 0 Å². The Labute approximate surface area is 430 Å². The number of rotatable bonds is 6. The highest BCUT2D eigenvalue weighted by Gasteiger charge is 2.15. The first kappa shape index (κ1) is 50.9. The van der Waals surface area contributed by atoms with E-state index in [9.17, 15) is 14.4 Å². The first-order chi connectivity index (χ1) is 36.4. The number of carbonyl (C=O) groups is 3. The molecule has 1 saturated heterocycles. The van der Waals surface area contributed by atoms with Crippen LogP contribution in [0.5, 0.6) is 0 Å². The zero-order valence-electron chi connectivity index (χ0n) is 42.2. The molecule has 4 aromatic carbocycles. The SMILES string of the molecule is C1CCOC1.CCOC(=O)c1cc2c([nH]c3ccccc32)c(C)n1.Cc1nc(/C=C/C(=O)O)cc2c1[nH]c1ccccc12.Cc1nc(C=O)cc2c1[nH]c1ccccc12.Cc1nc(CO)cc2c1[nH]c1ccccc12. The number of ether oxygens (including phenoxy) is 2. The minimum atomic E-state index is -0.974. The number of hydrogen-bond donors (Lipinski definition) is 6. The van der Waals surface area contributed by atoms with E-state index in [4.69, 9.17) is 19.7 Å². The molecule has 0 amide bonds. The quantitative estimate of drug-likeness (QED) is 0.0522. The number of aliphatic hydroxyl groups excluding tert-OH is 1. The van der Waals surface area contributed by atoms with Gasteiger partial charge in [-0.3, -0.25) is 14.8 Å². The Morgan fingerprint density at radius 1 is 0.560 bits per heavy atom. The molecule has 9 heterocycles. The zero-order valence-corrected chi connectivity index (χ0v) is 42.2. The Hall–Kier alpha value is -9.05. The van der Waals surface area contributed by atoms with Gasteiger partial charge in [0.15, 0.2) is 6.29 Å². The molecule has 1 aliphatic rings. The van der Waals surface area contributed by atoms with Crippen molar-refractivity contribution in [1.29, 1.82) is 0 Å². The average Bonchev–Trinajstić information content (AvgIpc) is 4.29. The average molecular weight is 1000 g/mol. The van der Waals surface area contributed by atoms with Gasteiger partial charge in [-0.2, -0.15) is 0 Å². The molecule has 0 saturated carbocycles. The number of esters is 1. The van der Waals surface area contributed by atoms with Gasteiger partial charge in [0, 0.05) is 84.4 Å². The summed E-state index contributed by atoms with van der Waals surface area (Å²) in [4.78, 5) is 63.7. The van der Waals surface area contributed by atoms with Crippen LogP contribution in [0.4, 0.5) is 0 Å². The van der Waals surface area contributed by atoms with E-state index in [1.54, 1.807) is 13.0 Å². The lowest BCUT2D eigenvalue weighted by atomic mass is 10.1. The predicted molar refractivity (Wildman–Crippen MR) is 297 cm³/mol. The number of aldehydes is 1. The lowest BCUT2D eigenvalue weighted by Crippen LogP contribution is -2.07. The molecule has 8 aromatic heterocycles. The number of pyridine rings is 4. The number of nitrogens with zero attached hydrogens (tertiary/aromatic N) is 4. The van der Waals surface area contributed by atoms with E-state index in [0.717, 1.165) is 136 Å². The molecule has 0 spiro atoms. The summed E-state index contributed by atoms with van der Waals surface area (Å²) in [6.07, 6.45) is 5.95. The van der Waals surface area contributed by atoms with Crippen molar-refractivity contribution in [2.24, 2.45) is 0 Å². The van der Waals surface area contributed by atoms with Gasteiger partial charge in [0.05, 0.1) is 69.4 Å². The van der Waals surface area contributed by atoms with Crippen molar-refractivity contribution < 1.29 is 34.1 Å². The maximum Gasteiger partial charge on any atom is 0.356 e. The summed E-state index contributed by atoms with van der Waals surface area (Å²) in [7, 11) is 0. The van der Waals surface area contributed by atoms with Crippen LogP contribution in [0.1, 0.15) is 74.9 Å². The second-order valence-electron chi connectivity index (χ2n) is 17.9. The Bertz CT molecular complexity index is 4080. The highest BCUT2D eigenvalue weighted by Crippen LogP contribution is 2.31. The second-order valence-corrected chi connectivity index (χ2v) is 17.9. The summed E-state index contributed by atoms with van der Waals surface area (Å²) < 4.78 is 9.95. The number of hydrogen-bond acceptors (Lipinski definition) is 10. The number of aromatic amines is 4.